The van der Waals surface area contributed by atoms with E-state index in [0.717, 1.165) is 0 Å². The monoisotopic (exact) mass is 690 g/mol. The van der Waals surface area contributed by atoms with Crippen LogP contribution in [0.25, 0.3) is 16.7 Å². The third kappa shape index (κ3) is 5.28. The van der Waals surface area contributed by atoms with E-state index in [9.17, 15) is 47.4 Å². The lowest BCUT2D eigenvalue weighted by Gasteiger charge is -2.07. The third-order valence-electron chi connectivity index (χ3n) is 7.74. The van der Waals surface area contributed by atoms with Crippen molar-refractivity contribution in [3.8, 4) is 54.6 Å². The first kappa shape index (κ1) is 32.6. The maximum absolute atomic E-state index is 10.4. The summed E-state index contributed by atoms with van der Waals surface area (Å²) >= 11 is 0. The van der Waals surface area contributed by atoms with E-state index in [0.29, 0.717) is 0 Å². The van der Waals surface area contributed by atoms with Gasteiger partial charge in [0.15, 0.2) is 34.9 Å². The van der Waals surface area contributed by atoms with E-state index >= 15 is 0 Å². The van der Waals surface area contributed by atoms with Gasteiger partial charge in [-0.05, 0) is 36.4 Å². The second-order valence-corrected chi connectivity index (χ2v) is 10.7. The second-order valence-electron chi connectivity index (χ2n) is 10.7. The molecule has 0 saturated carbocycles. The summed E-state index contributed by atoms with van der Waals surface area (Å²) in [5.74, 6) is -1.93. The van der Waals surface area contributed by atoms with E-state index in [4.69, 9.17) is 0 Å². The number of allylic oxidation sites excluding steroid dienone is 3. The summed E-state index contributed by atoms with van der Waals surface area (Å²) in [5.41, 5.74) is -0.929. The van der Waals surface area contributed by atoms with E-state index in [1.807, 2.05) is 54.6 Å². The molecule has 3 aromatic carbocycles. The van der Waals surface area contributed by atoms with E-state index < -0.39 is 17.5 Å². The van der Waals surface area contributed by atoms with Crippen LogP contribution in [0, 0.1) is 102 Å². The molecule has 3 aliphatic heterocycles. The molecule has 240 valence electrons. The number of benzene rings is 3. The number of rotatable bonds is 3. The highest BCUT2D eigenvalue weighted by Gasteiger charge is 2.25. The quantitative estimate of drug-likeness (QED) is 0.246. The zero-order valence-corrected chi connectivity index (χ0v) is 26.5. The first-order valence-electron chi connectivity index (χ1n) is 14.8. The van der Waals surface area contributed by atoms with E-state index in [-0.39, 0.29) is 99.7 Å². The molecule has 7 rings (SSSR count). The number of nitrogens with zero attached hydrogens (tertiary/aromatic N) is 18. The highest BCUT2D eigenvalue weighted by Crippen LogP contribution is 2.26. The van der Waals surface area contributed by atoms with Crippen LogP contribution >= 0.6 is 0 Å². The van der Waals surface area contributed by atoms with Gasteiger partial charge < -0.3 is 0 Å². The molecule has 54 heavy (non-hydrogen) atoms. The van der Waals surface area contributed by atoms with Crippen LogP contribution in [-0.4, -0.2) is 15.0 Å². The highest BCUT2D eigenvalue weighted by molar-refractivity contribution is 5.82. The van der Waals surface area contributed by atoms with E-state index in [1.165, 1.54) is 36.4 Å². The van der Waals surface area contributed by atoms with Gasteiger partial charge in [0.05, 0.1) is 65.5 Å². The van der Waals surface area contributed by atoms with Crippen molar-refractivity contribution in [1.29, 1.82) is 47.4 Å². The lowest BCUT2D eigenvalue weighted by Crippen LogP contribution is -2.22. The van der Waals surface area contributed by atoms with Crippen LogP contribution in [0.15, 0.2) is 83.8 Å². The standard InChI is InChI=1S/C36H6N18/c37-7-16-1-25-26(2-17(16)8-38)47-31(46-25)22(13-43)34-52-35(23(14-44)32-48-27-3-18(9-39)19(10-40)4-28(27)49-32)54-36(53-34)24(15-45)33-50-29-5-20(11-41)21(12-42)6-30(29)51-33/h1-6H. The summed E-state index contributed by atoms with van der Waals surface area (Å²) < 4.78 is 0. The Morgan fingerprint density at radius 1 is 0.315 bits per heavy atom. The average Bonchev–Trinajstić information content (AvgIpc) is 3.92. The Kier molecular flexibility index (Phi) is 7.77. The maximum Gasteiger partial charge on any atom is 0.178 e. The van der Waals surface area contributed by atoms with Gasteiger partial charge in [0.2, 0.25) is 0 Å². The highest BCUT2D eigenvalue weighted by atomic mass is 15.1. The maximum atomic E-state index is 10.4. The molecule has 1 aromatic heterocycles. The molecular weight excluding hydrogens is 685 g/mol. The normalized spacial score (nSPS) is 11.9. The second kappa shape index (κ2) is 12.9. The van der Waals surface area contributed by atoms with Gasteiger partial charge in [0, 0.05) is 0 Å². The Balaban J connectivity index is 1.51. The number of hydrogen-bond donors (Lipinski definition) is 0. The van der Waals surface area contributed by atoms with Gasteiger partial charge in [-0.1, -0.05) is 0 Å². The summed E-state index contributed by atoms with van der Waals surface area (Å²) in [6.07, 6.45) is 0. The molecule has 0 fully saturated rings. The van der Waals surface area contributed by atoms with Crippen LogP contribution < -0.4 is 32.1 Å². The van der Waals surface area contributed by atoms with Gasteiger partial charge in [-0.25, -0.2) is 44.9 Å². The van der Waals surface area contributed by atoms with Crippen molar-refractivity contribution in [3.05, 3.63) is 137 Å². The fourth-order valence-electron chi connectivity index (χ4n) is 5.23. The number of fused-ring (bicyclic) bond motifs is 3. The SMILES string of the molecule is N#CC(=C1N=c2cc(C#N)c(C#N)cc2=N1)c1nc(C(C#N)=C2N=c3cc(C#N)c(C#N)cc3=N2)nc(C(C#N)=C2N=c3cc(C#N)c(C#N)cc3=N2)n1. The fourth-order valence-corrected chi connectivity index (χ4v) is 5.23. The molecule has 4 heterocycles. The van der Waals surface area contributed by atoms with Gasteiger partial charge in [-0.2, -0.15) is 47.4 Å². The lowest BCUT2D eigenvalue weighted by molar-refractivity contribution is 0.959. The van der Waals surface area contributed by atoms with Crippen molar-refractivity contribution in [1.82, 2.24) is 15.0 Å². The lowest BCUT2D eigenvalue weighted by atomic mass is 10.1. The molecule has 0 bridgehead atoms. The predicted octanol–water partition coefficient (Wildman–Crippen LogP) is -0.463. The van der Waals surface area contributed by atoms with Gasteiger partial charge in [0.1, 0.15) is 71.3 Å². The van der Waals surface area contributed by atoms with E-state index in [1.54, 1.807) is 0 Å². The zero-order chi connectivity index (χ0) is 38.1. The number of hydrogen-bond acceptors (Lipinski definition) is 18. The molecule has 0 radical (unpaired) electrons. The minimum absolute atomic E-state index is 0.0259. The summed E-state index contributed by atoms with van der Waals surface area (Å²) in [5, 5.41) is 89.1. The van der Waals surface area contributed by atoms with E-state index in [2.05, 4.69) is 44.9 Å². The molecule has 3 aliphatic rings. The van der Waals surface area contributed by atoms with Crippen LogP contribution in [-0.2, 0) is 0 Å². The molecule has 18 heteroatoms. The van der Waals surface area contributed by atoms with Crippen LogP contribution in [0.4, 0.5) is 0 Å². The van der Waals surface area contributed by atoms with Crippen LogP contribution in [0.5, 0.6) is 0 Å². The molecular formula is C36H6N18. The van der Waals surface area contributed by atoms with Crippen molar-refractivity contribution in [2.75, 3.05) is 0 Å². The van der Waals surface area contributed by atoms with Crippen molar-refractivity contribution in [3.63, 3.8) is 0 Å². The summed E-state index contributed by atoms with van der Waals surface area (Å²) in [6, 6.07) is 25.2. The Morgan fingerprint density at radius 3 is 0.648 bits per heavy atom. The molecule has 0 amide bonds. The molecule has 0 aliphatic carbocycles. The average molecular weight is 691 g/mol. The number of nitriles is 9. The van der Waals surface area contributed by atoms with Crippen LogP contribution in [0.1, 0.15) is 50.9 Å². The minimum Gasteiger partial charge on any atom is -0.226 e. The Labute approximate surface area is 300 Å². The van der Waals surface area contributed by atoms with Crippen molar-refractivity contribution < 1.29 is 0 Å². The molecule has 0 spiro atoms. The molecule has 0 unspecified atom stereocenters. The summed E-state index contributed by atoms with van der Waals surface area (Å²) in [4.78, 5) is 39.1. The van der Waals surface area contributed by atoms with Gasteiger partial charge >= 0.3 is 0 Å². The summed E-state index contributed by atoms with van der Waals surface area (Å²) in [6.45, 7) is 0. The minimum atomic E-state index is -0.418. The number of aromatic nitrogens is 3. The van der Waals surface area contributed by atoms with Gasteiger partial charge in [-0.3, -0.25) is 0 Å². The van der Waals surface area contributed by atoms with Crippen LogP contribution in [0.3, 0.4) is 0 Å². The molecule has 0 N–H and O–H groups in total. The predicted molar refractivity (Wildman–Crippen MR) is 172 cm³/mol. The van der Waals surface area contributed by atoms with Crippen LogP contribution in [0.2, 0.25) is 0 Å². The molecule has 4 aromatic rings. The van der Waals surface area contributed by atoms with Gasteiger partial charge in [-0.15, -0.1) is 0 Å². The van der Waals surface area contributed by atoms with Crippen molar-refractivity contribution in [2.24, 2.45) is 30.0 Å². The zero-order valence-electron chi connectivity index (χ0n) is 26.5. The first-order chi connectivity index (χ1) is 26.3. The topological polar surface area (TPSA) is 327 Å². The first-order valence-corrected chi connectivity index (χ1v) is 14.8. The Hall–Kier alpha value is -9.90. The van der Waals surface area contributed by atoms with Crippen molar-refractivity contribution in [2.45, 2.75) is 0 Å². The van der Waals surface area contributed by atoms with Gasteiger partial charge in [0.25, 0.3) is 0 Å². The largest absolute Gasteiger partial charge is 0.226 e. The summed E-state index contributed by atoms with van der Waals surface area (Å²) in [7, 11) is 0. The Bertz CT molecular complexity index is 2890. The van der Waals surface area contributed by atoms with Crippen molar-refractivity contribution >= 4 is 16.7 Å². The third-order valence-corrected chi connectivity index (χ3v) is 7.74. The molecule has 0 saturated heterocycles. The molecule has 18 nitrogen and oxygen atoms in total. The smallest absolute Gasteiger partial charge is 0.178 e. The fraction of sp³-hybridized carbons (Fsp3) is 0. The molecule has 0 atom stereocenters. The Morgan fingerprint density at radius 2 is 0.500 bits per heavy atom.